The first-order chi connectivity index (χ1) is 9.06. The lowest BCUT2D eigenvalue weighted by Crippen LogP contribution is -2.46. The number of rotatable bonds is 4. The monoisotopic (exact) mass is 259 g/mol. The Morgan fingerprint density at radius 2 is 1.84 bits per heavy atom. The molecule has 1 aromatic carbocycles. The van der Waals surface area contributed by atoms with Gasteiger partial charge in [0.25, 0.3) is 0 Å². The van der Waals surface area contributed by atoms with Crippen LogP contribution in [0.4, 0.5) is 0 Å². The van der Waals surface area contributed by atoms with E-state index in [1.54, 1.807) is 0 Å². The minimum absolute atomic E-state index is 0.0358. The van der Waals surface area contributed by atoms with Gasteiger partial charge in [-0.25, -0.2) is 0 Å². The molecule has 0 atom stereocenters. The first-order valence-corrected chi connectivity index (χ1v) is 7.36. The summed E-state index contributed by atoms with van der Waals surface area (Å²) >= 11 is 0. The van der Waals surface area contributed by atoms with Gasteiger partial charge in [-0.05, 0) is 50.9 Å². The average molecular weight is 259 g/mol. The van der Waals surface area contributed by atoms with Gasteiger partial charge in [0.2, 0.25) is 0 Å². The third-order valence-electron chi connectivity index (χ3n) is 4.67. The molecule has 1 aliphatic carbocycles. The second-order valence-corrected chi connectivity index (χ2v) is 5.99. The Kier molecular flexibility index (Phi) is 4.41. The zero-order valence-electron chi connectivity index (χ0n) is 12.4. The summed E-state index contributed by atoms with van der Waals surface area (Å²) in [4.78, 5) is 12.5. The average Bonchev–Trinajstić information content (AvgIpc) is 2.43. The molecule has 0 amide bonds. The molecule has 0 bridgehead atoms. The summed E-state index contributed by atoms with van der Waals surface area (Å²) in [7, 11) is 2.00. The van der Waals surface area contributed by atoms with Gasteiger partial charge in [-0.2, -0.15) is 0 Å². The molecule has 1 aromatic rings. The van der Waals surface area contributed by atoms with Crippen molar-refractivity contribution in [1.82, 2.24) is 5.32 Å². The van der Waals surface area contributed by atoms with E-state index < -0.39 is 0 Å². The van der Waals surface area contributed by atoms with Crippen LogP contribution in [0.1, 0.15) is 60.0 Å². The number of Topliss-reactive ketones (excluding diaryl/α,β-unsaturated/α-hetero) is 1. The Bertz CT molecular complexity index is 458. The van der Waals surface area contributed by atoms with E-state index in [-0.39, 0.29) is 11.3 Å². The van der Waals surface area contributed by atoms with Crippen molar-refractivity contribution in [2.24, 2.45) is 0 Å². The molecule has 104 valence electrons. The van der Waals surface area contributed by atoms with E-state index in [4.69, 9.17) is 0 Å². The summed E-state index contributed by atoms with van der Waals surface area (Å²) in [6.07, 6.45) is 6.66. The van der Waals surface area contributed by atoms with Gasteiger partial charge >= 0.3 is 0 Å². The molecule has 1 N–H and O–H groups in total. The Morgan fingerprint density at radius 3 is 2.42 bits per heavy atom. The summed E-state index contributed by atoms with van der Waals surface area (Å²) in [5, 5.41) is 3.42. The van der Waals surface area contributed by atoms with Crippen LogP contribution < -0.4 is 5.32 Å². The summed E-state index contributed by atoms with van der Waals surface area (Å²) in [6.45, 7) is 4.15. The zero-order chi connectivity index (χ0) is 13.9. The van der Waals surface area contributed by atoms with E-state index in [0.29, 0.717) is 6.42 Å². The fourth-order valence-electron chi connectivity index (χ4n) is 3.07. The van der Waals surface area contributed by atoms with Crippen LogP contribution in [0.3, 0.4) is 0 Å². The molecular weight excluding hydrogens is 234 g/mol. The van der Waals surface area contributed by atoms with Crippen LogP contribution in [0.15, 0.2) is 18.2 Å². The molecule has 0 heterocycles. The highest BCUT2D eigenvalue weighted by molar-refractivity contribution is 5.97. The first-order valence-electron chi connectivity index (χ1n) is 7.36. The Balaban J connectivity index is 2.12. The Morgan fingerprint density at radius 1 is 1.16 bits per heavy atom. The van der Waals surface area contributed by atoms with Crippen molar-refractivity contribution >= 4 is 5.78 Å². The van der Waals surface area contributed by atoms with E-state index in [1.165, 1.54) is 30.4 Å². The van der Waals surface area contributed by atoms with Crippen molar-refractivity contribution in [2.45, 2.75) is 57.9 Å². The van der Waals surface area contributed by atoms with E-state index in [2.05, 4.69) is 25.2 Å². The largest absolute Gasteiger partial charge is 0.314 e. The van der Waals surface area contributed by atoms with Gasteiger partial charge in [-0.1, -0.05) is 31.4 Å². The third kappa shape index (κ3) is 3.24. The molecule has 1 fully saturated rings. The minimum Gasteiger partial charge on any atom is -0.314 e. The quantitative estimate of drug-likeness (QED) is 0.833. The van der Waals surface area contributed by atoms with Crippen molar-refractivity contribution < 1.29 is 4.79 Å². The van der Waals surface area contributed by atoms with Gasteiger partial charge < -0.3 is 5.32 Å². The molecule has 0 aliphatic heterocycles. The summed E-state index contributed by atoms with van der Waals surface area (Å²) in [5.74, 6) is 0.277. The van der Waals surface area contributed by atoms with E-state index >= 15 is 0 Å². The third-order valence-corrected chi connectivity index (χ3v) is 4.67. The van der Waals surface area contributed by atoms with Crippen molar-refractivity contribution in [3.05, 3.63) is 34.9 Å². The molecule has 2 heteroatoms. The highest BCUT2D eigenvalue weighted by atomic mass is 16.1. The number of hydrogen-bond acceptors (Lipinski definition) is 2. The van der Waals surface area contributed by atoms with Crippen LogP contribution >= 0.6 is 0 Å². The normalized spacial score (nSPS) is 18.3. The van der Waals surface area contributed by atoms with E-state index in [0.717, 1.165) is 18.4 Å². The van der Waals surface area contributed by atoms with Gasteiger partial charge in [0.1, 0.15) is 0 Å². The standard InChI is InChI=1S/C17H25NO/c1-13-7-8-15(11-14(13)2)16(19)12-17(18-3)9-5-4-6-10-17/h7-8,11,18H,4-6,9-10,12H2,1-3H3. The second kappa shape index (κ2) is 5.87. The first kappa shape index (κ1) is 14.3. The molecule has 2 nitrogen and oxygen atoms in total. The predicted molar refractivity (Wildman–Crippen MR) is 79.7 cm³/mol. The van der Waals surface area contributed by atoms with Crippen LogP contribution in [0.25, 0.3) is 0 Å². The molecule has 2 rings (SSSR count). The summed E-state index contributed by atoms with van der Waals surface area (Å²) in [6, 6.07) is 6.05. The molecule has 19 heavy (non-hydrogen) atoms. The fraction of sp³-hybridized carbons (Fsp3) is 0.588. The number of aryl methyl sites for hydroxylation is 2. The number of benzene rings is 1. The molecular formula is C17H25NO. The number of carbonyl (C=O) groups excluding carboxylic acids is 1. The zero-order valence-corrected chi connectivity index (χ0v) is 12.4. The highest BCUT2D eigenvalue weighted by Gasteiger charge is 2.32. The predicted octanol–water partition coefficient (Wildman–Crippen LogP) is 3.80. The molecule has 0 unspecified atom stereocenters. The van der Waals surface area contributed by atoms with Crippen LogP contribution in [0.5, 0.6) is 0 Å². The maximum Gasteiger partial charge on any atom is 0.164 e. The lowest BCUT2D eigenvalue weighted by Gasteiger charge is -2.36. The molecule has 0 radical (unpaired) electrons. The second-order valence-electron chi connectivity index (χ2n) is 5.99. The highest BCUT2D eigenvalue weighted by Crippen LogP contribution is 2.32. The molecule has 1 saturated carbocycles. The van der Waals surface area contributed by atoms with Gasteiger partial charge in [0.05, 0.1) is 0 Å². The summed E-state index contributed by atoms with van der Waals surface area (Å²) in [5.41, 5.74) is 3.35. The lowest BCUT2D eigenvalue weighted by atomic mass is 9.77. The summed E-state index contributed by atoms with van der Waals surface area (Å²) < 4.78 is 0. The van der Waals surface area contributed by atoms with Crippen molar-refractivity contribution in [2.75, 3.05) is 7.05 Å². The molecule has 0 aromatic heterocycles. The van der Waals surface area contributed by atoms with E-state index in [1.807, 2.05) is 19.2 Å². The van der Waals surface area contributed by atoms with Crippen molar-refractivity contribution in [1.29, 1.82) is 0 Å². The maximum absolute atomic E-state index is 12.5. The SMILES string of the molecule is CNC1(CC(=O)c2ccc(C)c(C)c2)CCCCC1. The molecule has 0 spiro atoms. The molecule has 0 saturated heterocycles. The maximum atomic E-state index is 12.5. The van der Waals surface area contributed by atoms with Crippen LogP contribution in [-0.4, -0.2) is 18.4 Å². The topological polar surface area (TPSA) is 29.1 Å². The van der Waals surface area contributed by atoms with Crippen molar-refractivity contribution in [3.8, 4) is 0 Å². The Labute approximate surface area is 116 Å². The number of ketones is 1. The fourth-order valence-corrected chi connectivity index (χ4v) is 3.07. The van der Waals surface area contributed by atoms with E-state index in [9.17, 15) is 4.79 Å². The number of carbonyl (C=O) groups is 1. The lowest BCUT2D eigenvalue weighted by molar-refractivity contribution is 0.0915. The van der Waals surface area contributed by atoms with Gasteiger partial charge in [-0.3, -0.25) is 4.79 Å². The van der Waals surface area contributed by atoms with Crippen molar-refractivity contribution in [3.63, 3.8) is 0 Å². The van der Waals surface area contributed by atoms with Crippen LogP contribution in [0.2, 0.25) is 0 Å². The Hall–Kier alpha value is -1.15. The minimum atomic E-state index is 0.0358. The molecule has 1 aliphatic rings. The van der Waals surface area contributed by atoms with Crippen LogP contribution in [0, 0.1) is 13.8 Å². The smallest absolute Gasteiger partial charge is 0.164 e. The van der Waals surface area contributed by atoms with Gasteiger partial charge in [0.15, 0.2) is 5.78 Å². The van der Waals surface area contributed by atoms with Gasteiger partial charge in [0, 0.05) is 17.5 Å². The number of hydrogen-bond donors (Lipinski definition) is 1. The number of nitrogens with one attached hydrogen (secondary N) is 1. The van der Waals surface area contributed by atoms with Gasteiger partial charge in [-0.15, -0.1) is 0 Å². The van der Waals surface area contributed by atoms with Crippen LogP contribution in [-0.2, 0) is 0 Å².